The minimum Gasteiger partial charge on any atom is -0.384 e. The third-order valence-electron chi connectivity index (χ3n) is 4.25. The van der Waals surface area contributed by atoms with Crippen molar-refractivity contribution in [2.45, 2.75) is 19.1 Å². The van der Waals surface area contributed by atoms with E-state index < -0.39 is 5.60 Å². The van der Waals surface area contributed by atoms with E-state index in [2.05, 4.69) is 20.2 Å². The van der Waals surface area contributed by atoms with Gasteiger partial charge in [0.15, 0.2) is 0 Å². The van der Waals surface area contributed by atoms with E-state index in [1.54, 1.807) is 31.5 Å². The van der Waals surface area contributed by atoms with E-state index in [1.165, 1.54) is 12.1 Å². The van der Waals surface area contributed by atoms with Crippen LogP contribution in [0.25, 0.3) is 0 Å². The second-order valence-electron chi connectivity index (χ2n) is 6.38. The van der Waals surface area contributed by atoms with Crippen LogP contribution >= 0.6 is 0 Å². The van der Waals surface area contributed by atoms with Crippen LogP contribution in [0.5, 0.6) is 0 Å². The predicted octanol–water partition coefficient (Wildman–Crippen LogP) is 1.45. The van der Waals surface area contributed by atoms with Crippen molar-refractivity contribution in [2.75, 3.05) is 37.7 Å². The van der Waals surface area contributed by atoms with E-state index in [0.29, 0.717) is 37.8 Å². The molecule has 0 radical (unpaired) electrons. The van der Waals surface area contributed by atoms with Gasteiger partial charge < -0.3 is 20.1 Å². The van der Waals surface area contributed by atoms with Gasteiger partial charge in [-0.1, -0.05) is 12.1 Å². The SMILES string of the molecule is CC(O)(CNCc1cnc(N2CCOCC2)nc1)c1ccc(F)cc1. The molecule has 6 nitrogen and oxygen atoms in total. The molecule has 1 aliphatic heterocycles. The van der Waals surface area contributed by atoms with Crippen molar-refractivity contribution in [1.29, 1.82) is 0 Å². The molecule has 1 aromatic heterocycles. The molecule has 0 amide bonds. The molecule has 1 saturated heterocycles. The topological polar surface area (TPSA) is 70.5 Å². The highest BCUT2D eigenvalue weighted by atomic mass is 19.1. The van der Waals surface area contributed by atoms with Crippen LogP contribution in [0.15, 0.2) is 36.7 Å². The summed E-state index contributed by atoms with van der Waals surface area (Å²) < 4.78 is 18.3. The molecule has 1 fully saturated rings. The third-order valence-corrected chi connectivity index (χ3v) is 4.25. The summed E-state index contributed by atoms with van der Waals surface area (Å²) >= 11 is 0. The molecule has 2 aromatic rings. The van der Waals surface area contributed by atoms with Crippen LogP contribution in [0.4, 0.5) is 10.3 Å². The van der Waals surface area contributed by atoms with Crippen molar-refractivity contribution in [2.24, 2.45) is 0 Å². The lowest BCUT2D eigenvalue weighted by molar-refractivity contribution is 0.0566. The maximum absolute atomic E-state index is 13.0. The predicted molar refractivity (Wildman–Crippen MR) is 92.7 cm³/mol. The molecule has 0 aliphatic carbocycles. The fourth-order valence-corrected chi connectivity index (χ4v) is 2.73. The largest absolute Gasteiger partial charge is 0.384 e. The number of hydrogen-bond acceptors (Lipinski definition) is 6. The summed E-state index contributed by atoms with van der Waals surface area (Å²) in [5.74, 6) is 0.398. The first-order valence-corrected chi connectivity index (χ1v) is 8.37. The average Bonchev–Trinajstić information content (AvgIpc) is 2.63. The van der Waals surface area contributed by atoms with Gasteiger partial charge in [-0.3, -0.25) is 0 Å². The Bertz CT molecular complexity index is 670. The number of rotatable bonds is 6. The second-order valence-corrected chi connectivity index (χ2v) is 6.38. The summed E-state index contributed by atoms with van der Waals surface area (Å²) in [5.41, 5.74) is 0.523. The van der Waals surface area contributed by atoms with Gasteiger partial charge in [0, 0.05) is 44.1 Å². The van der Waals surface area contributed by atoms with Crippen molar-refractivity contribution in [3.63, 3.8) is 0 Å². The zero-order chi connectivity index (χ0) is 17.7. The number of benzene rings is 1. The second kappa shape index (κ2) is 7.86. The molecule has 2 heterocycles. The van der Waals surface area contributed by atoms with E-state index in [-0.39, 0.29) is 5.82 Å². The van der Waals surface area contributed by atoms with E-state index in [0.717, 1.165) is 18.7 Å². The van der Waals surface area contributed by atoms with Crippen molar-refractivity contribution in [3.05, 3.63) is 53.6 Å². The van der Waals surface area contributed by atoms with E-state index in [4.69, 9.17) is 4.74 Å². The van der Waals surface area contributed by atoms with Crippen molar-refractivity contribution in [3.8, 4) is 0 Å². The zero-order valence-electron chi connectivity index (χ0n) is 14.3. The molecule has 0 saturated carbocycles. The van der Waals surface area contributed by atoms with Crippen molar-refractivity contribution >= 4 is 5.95 Å². The number of aliphatic hydroxyl groups is 1. The minimum atomic E-state index is -1.08. The molecule has 1 aliphatic rings. The molecule has 2 N–H and O–H groups in total. The molecule has 1 unspecified atom stereocenters. The fraction of sp³-hybridized carbons (Fsp3) is 0.444. The molecular formula is C18H23FN4O2. The number of morpholine rings is 1. The van der Waals surface area contributed by atoms with Crippen LogP contribution in [0, 0.1) is 5.82 Å². The molecule has 1 atom stereocenters. The molecule has 25 heavy (non-hydrogen) atoms. The average molecular weight is 346 g/mol. The van der Waals surface area contributed by atoms with E-state index in [1.807, 2.05) is 0 Å². The van der Waals surface area contributed by atoms with Crippen LogP contribution in [0.2, 0.25) is 0 Å². The summed E-state index contributed by atoms with van der Waals surface area (Å²) in [6.45, 7) is 5.59. The summed E-state index contributed by atoms with van der Waals surface area (Å²) in [7, 11) is 0. The highest BCUT2D eigenvalue weighted by molar-refractivity contribution is 5.30. The summed E-state index contributed by atoms with van der Waals surface area (Å²) in [4.78, 5) is 10.9. The Morgan fingerprint density at radius 2 is 1.84 bits per heavy atom. The first-order chi connectivity index (χ1) is 12.0. The lowest BCUT2D eigenvalue weighted by atomic mass is 9.96. The maximum Gasteiger partial charge on any atom is 0.225 e. The van der Waals surface area contributed by atoms with Crippen LogP contribution < -0.4 is 10.2 Å². The van der Waals surface area contributed by atoms with Gasteiger partial charge in [0.25, 0.3) is 0 Å². The third kappa shape index (κ3) is 4.72. The lowest BCUT2D eigenvalue weighted by Gasteiger charge is -2.26. The van der Waals surface area contributed by atoms with Gasteiger partial charge in [0.1, 0.15) is 5.82 Å². The number of anilines is 1. The summed E-state index contributed by atoms with van der Waals surface area (Å²) in [5, 5.41) is 13.7. The minimum absolute atomic E-state index is 0.315. The standard InChI is InChI=1S/C18H23FN4O2/c1-18(24,15-2-4-16(19)5-3-15)13-20-10-14-11-21-17(22-12-14)23-6-8-25-9-7-23/h2-5,11-12,20,24H,6-10,13H2,1H3. The summed E-state index contributed by atoms with van der Waals surface area (Å²) in [6, 6.07) is 5.89. The quantitative estimate of drug-likeness (QED) is 0.825. The molecule has 3 rings (SSSR count). The molecule has 0 spiro atoms. The normalized spacial score (nSPS) is 17.3. The molecule has 134 valence electrons. The van der Waals surface area contributed by atoms with Crippen LogP contribution in [0.3, 0.4) is 0 Å². The van der Waals surface area contributed by atoms with Crippen LogP contribution in [-0.4, -0.2) is 47.9 Å². The van der Waals surface area contributed by atoms with Crippen LogP contribution in [-0.2, 0) is 16.9 Å². The molecule has 0 bridgehead atoms. The Morgan fingerprint density at radius 3 is 2.48 bits per heavy atom. The number of aromatic nitrogens is 2. The van der Waals surface area contributed by atoms with Gasteiger partial charge in [-0.15, -0.1) is 0 Å². The smallest absolute Gasteiger partial charge is 0.225 e. The van der Waals surface area contributed by atoms with E-state index >= 15 is 0 Å². The highest BCUT2D eigenvalue weighted by Gasteiger charge is 2.22. The first kappa shape index (κ1) is 17.7. The van der Waals surface area contributed by atoms with Gasteiger partial charge in [-0.25, -0.2) is 14.4 Å². The highest BCUT2D eigenvalue weighted by Crippen LogP contribution is 2.20. The monoisotopic (exact) mass is 346 g/mol. The Labute approximate surface area is 146 Å². The van der Waals surface area contributed by atoms with Crippen molar-refractivity contribution in [1.82, 2.24) is 15.3 Å². The number of nitrogens with zero attached hydrogens (tertiary/aromatic N) is 3. The fourth-order valence-electron chi connectivity index (χ4n) is 2.73. The Hall–Kier alpha value is -2.09. The number of nitrogens with one attached hydrogen (secondary N) is 1. The number of hydrogen-bond donors (Lipinski definition) is 2. The first-order valence-electron chi connectivity index (χ1n) is 8.37. The summed E-state index contributed by atoms with van der Waals surface area (Å²) in [6.07, 6.45) is 3.58. The van der Waals surface area contributed by atoms with E-state index in [9.17, 15) is 9.50 Å². The van der Waals surface area contributed by atoms with Gasteiger partial charge in [0.2, 0.25) is 5.95 Å². The van der Waals surface area contributed by atoms with Crippen LogP contribution in [0.1, 0.15) is 18.1 Å². The maximum atomic E-state index is 13.0. The Kier molecular flexibility index (Phi) is 5.57. The zero-order valence-corrected chi connectivity index (χ0v) is 14.3. The van der Waals surface area contributed by atoms with Gasteiger partial charge in [0.05, 0.1) is 18.8 Å². The molecule has 7 heteroatoms. The number of halogens is 1. The number of ether oxygens (including phenoxy) is 1. The molecular weight excluding hydrogens is 323 g/mol. The van der Waals surface area contributed by atoms with Gasteiger partial charge >= 0.3 is 0 Å². The lowest BCUT2D eigenvalue weighted by Crippen LogP contribution is -2.37. The molecule has 1 aromatic carbocycles. The van der Waals surface area contributed by atoms with Crippen molar-refractivity contribution < 1.29 is 14.2 Å². The Morgan fingerprint density at radius 1 is 1.20 bits per heavy atom. The van der Waals surface area contributed by atoms with Gasteiger partial charge in [-0.05, 0) is 24.6 Å². The van der Waals surface area contributed by atoms with Gasteiger partial charge in [-0.2, -0.15) is 0 Å². The Balaban J connectivity index is 1.52.